The van der Waals surface area contributed by atoms with Gasteiger partial charge in [0.2, 0.25) is 5.91 Å². The van der Waals surface area contributed by atoms with Crippen LogP contribution in [-0.4, -0.2) is 62.1 Å². The molecule has 4 rings (SSSR count). The molecule has 33 heavy (non-hydrogen) atoms. The molecule has 2 N–H and O–H groups in total. The Morgan fingerprint density at radius 2 is 1.76 bits per heavy atom. The second-order valence-corrected chi connectivity index (χ2v) is 8.54. The zero-order chi connectivity index (χ0) is 23.5. The van der Waals surface area contributed by atoms with Gasteiger partial charge in [0.1, 0.15) is 5.82 Å². The van der Waals surface area contributed by atoms with E-state index in [1.165, 1.54) is 6.26 Å². The molecule has 3 aromatic rings. The summed E-state index contributed by atoms with van der Waals surface area (Å²) in [6.07, 6.45) is 3.06. The number of aryl methyl sites for hydroxylation is 4. The van der Waals surface area contributed by atoms with Gasteiger partial charge in [0.15, 0.2) is 5.76 Å². The van der Waals surface area contributed by atoms with Crippen LogP contribution in [0.25, 0.3) is 5.95 Å². The molecule has 0 bridgehead atoms. The number of piperidine rings is 1. The van der Waals surface area contributed by atoms with Gasteiger partial charge in [0.05, 0.1) is 18.5 Å². The van der Waals surface area contributed by atoms with Crippen LogP contribution >= 0.6 is 0 Å². The Morgan fingerprint density at radius 3 is 2.39 bits per heavy atom. The van der Waals surface area contributed by atoms with E-state index in [1.807, 2.05) is 33.8 Å². The lowest BCUT2D eigenvalue weighted by atomic mass is 10.0. The Bertz CT molecular complexity index is 1140. The maximum Gasteiger partial charge on any atom is 0.287 e. The van der Waals surface area contributed by atoms with Gasteiger partial charge < -0.3 is 15.1 Å². The van der Waals surface area contributed by atoms with Crippen molar-refractivity contribution in [1.82, 2.24) is 30.0 Å². The van der Waals surface area contributed by atoms with Gasteiger partial charge >= 0.3 is 0 Å². The molecule has 3 aromatic heterocycles. The molecule has 10 heteroatoms. The molecule has 0 saturated carbocycles. The molecule has 174 valence electrons. The second-order valence-electron chi connectivity index (χ2n) is 8.54. The van der Waals surface area contributed by atoms with Crippen LogP contribution < -0.4 is 10.6 Å². The summed E-state index contributed by atoms with van der Waals surface area (Å²) in [5, 5.41) is 10.4. The lowest BCUT2D eigenvalue weighted by Gasteiger charge is -2.31. The van der Waals surface area contributed by atoms with E-state index in [0.717, 1.165) is 35.5 Å². The Balaban J connectivity index is 1.31. The number of amides is 2. The number of carbonyl (C=O) groups excluding carboxylic acids is 2. The first-order chi connectivity index (χ1) is 15.8. The minimum atomic E-state index is -0.189. The van der Waals surface area contributed by atoms with Crippen LogP contribution in [0.2, 0.25) is 0 Å². The zero-order valence-electron chi connectivity index (χ0n) is 19.4. The summed E-state index contributed by atoms with van der Waals surface area (Å²) in [5.41, 5.74) is 3.25. The highest BCUT2D eigenvalue weighted by atomic mass is 16.3. The molecular formula is C23H29N7O3. The molecule has 0 spiro atoms. The molecule has 0 atom stereocenters. The second kappa shape index (κ2) is 9.53. The number of anilines is 1. The Hall–Kier alpha value is -3.53. The van der Waals surface area contributed by atoms with Crippen LogP contribution in [0, 0.1) is 27.7 Å². The lowest BCUT2D eigenvalue weighted by molar-refractivity contribution is -0.117. The van der Waals surface area contributed by atoms with Crippen molar-refractivity contribution in [2.45, 2.75) is 46.6 Å². The van der Waals surface area contributed by atoms with Gasteiger partial charge in [0.25, 0.3) is 11.9 Å². The fourth-order valence-electron chi connectivity index (χ4n) is 4.02. The maximum atomic E-state index is 12.7. The van der Waals surface area contributed by atoms with Crippen molar-refractivity contribution < 1.29 is 14.0 Å². The van der Waals surface area contributed by atoms with Crippen LogP contribution in [0.5, 0.6) is 0 Å². The number of aromatic nitrogens is 4. The molecule has 0 radical (unpaired) electrons. The molecule has 0 aromatic carbocycles. The summed E-state index contributed by atoms with van der Waals surface area (Å²) in [7, 11) is 0. The smallest absolute Gasteiger partial charge is 0.287 e. The van der Waals surface area contributed by atoms with Crippen molar-refractivity contribution in [3.05, 3.63) is 52.9 Å². The van der Waals surface area contributed by atoms with Gasteiger partial charge in [-0.3, -0.25) is 14.5 Å². The summed E-state index contributed by atoms with van der Waals surface area (Å²) >= 11 is 0. The van der Waals surface area contributed by atoms with Crippen molar-refractivity contribution in [3.8, 4) is 5.95 Å². The predicted molar refractivity (Wildman–Crippen MR) is 122 cm³/mol. The molecular weight excluding hydrogens is 422 g/mol. The van der Waals surface area contributed by atoms with E-state index in [4.69, 9.17) is 4.42 Å². The minimum Gasteiger partial charge on any atom is -0.459 e. The maximum absolute atomic E-state index is 12.7. The van der Waals surface area contributed by atoms with E-state index in [1.54, 1.807) is 16.8 Å². The van der Waals surface area contributed by atoms with Crippen LogP contribution in [0.3, 0.4) is 0 Å². The largest absolute Gasteiger partial charge is 0.459 e. The molecule has 1 aliphatic rings. The van der Waals surface area contributed by atoms with E-state index in [-0.39, 0.29) is 24.4 Å². The third-order valence-corrected chi connectivity index (χ3v) is 5.62. The minimum absolute atomic E-state index is 0.0621. The average Bonchev–Trinajstić information content (AvgIpc) is 3.34. The van der Waals surface area contributed by atoms with E-state index in [9.17, 15) is 9.59 Å². The highest BCUT2D eigenvalue weighted by molar-refractivity contribution is 5.93. The fraction of sp³-hybridized carbons (Fsp3) is 0.435. The summed E-state index contributed by atoms with van der Waals surface area (Å²) in [6, 6.07) is 5.53. The first-order valence-corrected chi connectivity index (χ1v) is 11.0. The highest BCUT2D eigenvalue weighted by Gasteiger charge is 2.24. The number of nitrogens with one attached hydrogen (secondary N) is 2. The van der Waals surface area contributed by atoms with E-state index >= 15 is 0 Å². The average molecular weight is 452 g/mol. The molecule has 10 nitrogen and oxygen atoms in total. The monoisotopic (exact) mass is 451 g/mol. The van der Waals surface area contributed by atoms with Crippen LogP contribution in [0.1, 0.15) is 46.0 Å². The fourth-order valence-corrected chi connectivity index (χ4v) is 4.02. The van der Waals surface area contributed by atoms with E-state index in [2.05, 4.69) is 30.6 Å². The predicted octanol–water partition coefficient (Wildman–Crippen LogP) is 2.32. The molecule has 1 saturated heterocycles. The van der Waals surface area contributed by atoms with Crippen molar-refractivity contribution in [2.24, 2.45) is 0 Å². The third-order valence-electron chi connectivity index (χ3n) is 5.62. The zero-order valence-corrected chi connectivity index (χ0v) is 19.4. The molecule has 1 aliphatic heterocycles. The van der Waals surface area contributed by atoms with Gasteiger partial charge in [-0.2, -0.15) is 9.78 Å². The van der Waals surface area contributed by atoms with Crippen molar-refractivity contribution in [1.29, 1.82) is 0 Å². The number of hydrogen-bond donors (Lipinski definition) is 2. The van der Waals surface area contributed by atoms with Gasteiger partial charge in [-0.15, -0.1) is 0 Å². The van der Waals surface area contributed by atoms with Crippen molar-refractivity contribution >= 4 is 17.6 Å². The van der Waals surface area contributed by atoms with E-state index in [0.29, 0.717) is 30.6 Å². The van der Waals surface area contributed by atoms with Gasteiger partial charge in [-0.25, -0.2) is 9.97 Å². The quantitative estimate of drug-likeness (QED) is 0.590. The first kappa shape index (κ1) is 22.7. The van der Waals surface area contributed by atoms with Gasteiger partial charge in [-0.05, 0) is 52.7 Å². The van der Waals surface area contributed by atoms with Crippen molar-refractivity contribution in [2.75, 3.05) is 25.0 Å². The lowest BCUT2D eigenvalue weighted by Crippen LogP contribution is -2.46. The van der Waals surface area contributed by atoms with Crippen LogP contribution in [0.4, 0.5) is 5.82 Å². The number of rotatable bonds is 6. The first-order valence-electron chi connectivity index (χ1n) is 11.0. The third kappa shape index (κ3) is 5.46. The molecule has 0 unspecified atom stereocenters. The normalized spacial score (nSPS) is 14.9. The Kier molecular flexibility index (Phi) is 6.55. The van der Waals surface area contributed by atoms with Gasteiger partial charge in [0, 0.05) is 42.1 Å². The summed E-state index contributed by atoms with van der Waals surface area (Å²) in [6.45, 7) is 9.19. The Labute approximate surface area is 192 Å². The standard InChI is InChI=1S/C23H29N7O3/c1-14-7-10-33-21(14)22(32)26-18-5-8-29(9-6-18)13-20(31)27-19-12-17(4)28-30(19)23-24-15(2)11-16(3)25-23/h7,10-12,18H,5-6,8-9,13H2,1-4H3,(H,26,32)(H,27,31). The van der Waals surface area contributed by atoms with Crippen molar-refractivity contribution in [3.63, 3.8) is 0 Å². The summed E-state index contributed by atoms with van der Waals surface area (Å²) < 4.78 is 6.82. The summed E-state index contributed by atoms with van der Waals surface area (Å²) in [4.78, 5) is 36.1. The topological polar surface area (TPSA) is 118 Å². The van der Waals surface area contributed by atoms with Gasteiger partial charge in [-0.1, -0.05) is 0 Å². The molecule has 0 aliphatic carbocycles. The van der Waals surface area contributed by atoms with Crippen LogP contribution in [-0.2, 0) is 4.79 Å². The summed E-state index contributed by atoms with van der Waals surface area (Å²) in [5.74, 6) is 1.01. The Morgan fingerprint density at radius 1 is 1.06 bits per heavy atom. The van der Waals surface area contributed by atoms with E-state index < -0.39 is 0 Å². The SMILES string of the molecule is Cc1cc(C)nc(-n2nc(C)cc2NC(=O)CN2CCC(NC(=O)c3occc3C)CC2)n1. The number of likely N-dealkylation sites (tertiary alicyclic amines) is 1. The molecule has 2 amide bonds. The highest BCUT2D eigenvalue weighted by Crippen LogP contribution is 2.17. The number of nitrogens with zero attached hydrogens (tertiary/aromatic N) is 5. The number of carbonyl (C=O) groups is 2. The molecule has 4 heterocycles. The number of hydrogen-bond acceptors (Lipinski definition) is 7. The van der Waals surface area contributed by atoms with Crippen LogP contribution in [0.15, 0.2) is 28.9 Å². The number of furan rings is 1. The molecule has 1 fully saturated rings.